The van der Waals surface area contributed by atoms with Gasteiger partial charge in [0, 0.05) is 16.7 Å². The number of rotatable bonds is 5. The molecule has 0 spiro atoms. The fourth-order valence-corrected chi connectivity index (χ4v) is 4.39. The SMILES string of the molecule is CCC=C(C)C(=O)N1CSCC1C(=O)Nc1nc(-c2ccco2)cs1. The minimum absolute atomic E-state index is 0.0811. The molecule has 1 aliphatic rings. The Morgan fingerprint density at radius 2 is 2.36 bits per heavy atom. The monoisotopic (exact) mass is 377 g/mol. The maximum absolute atomic E-state index is 12.6. The fraction of sp³-hybridized carbons (Fsp3) is 0.353. The van der Waals surface area contributed by atoms with E-state index in [0.29, 0.717) is 33.8 Å². The maximum atomic E-state index is 12.6. The number of amides is 2. The van der Waals surface area contributed by atoms with Crippen LogP contribution in [-0.4, -0.2) is 39.4 Å². The predicted molar refractivity (Wildman–Crippen MR) is 100 cm³/mol. The Bertz CT molecular complexity index is 783. The summed E-state index contributed by atoms with van der Waals surface area (Å²) in [5.74, 6) is 1.49. The zero-order valence-corrected chi connectivity index (χ0v) is 15.7. The molecule has 3 heterocycles. The number of thiazole rings is 1. The first-order valence-corrected chi connectivity index (χ1v) is 9.99. The average molecular weight is 377 g/mol. The minimum Gasteiger partial charge on any atom is -0.463 e. The topological polar surface area (TPSA) is 75.4 Å². The van der Waals surface area contributed by atoms with E-state index in [1.165, 1.54) is 11.3 Å². The fourth-order valence-electron chi connectivity index (χ4n) is 2.54. The summed E-state index contributed by atoms with van der Waals surface area (Å²) < 4.78 is 5.30. The number of hydrogen-bond acceptors (Lipinski definition) is 6. The Balaban J connectivity index is 1.68. The number of nitrogens with zero attached hydrogens (tertiary/aromatic N) is 2. The van der Waals surface area contributed by atoms with Crippen LogP contribution >= 0.6 is 23.1 Å². The molecule has 1 unspecified atom stereocenters. The summed E-state index contributed by atoms with van der Waals surface area (Å²) in [6.07, 6.45) is 4.26. The Hall–Kier alpha value is -2.06. The molecule has 25 heavy (non-hydrogen) atoms. The molecule has 1 fully saturated rings. The highest BCUT2D eigenvalue weighted by Gasteiger charge is 2.35. The second kappa shape index (κ2) is 7.88. The Labute approximate surface area is 154 Å². The van der Waals surface area contributed by atoms with Crippen LogP contribution in [0.25, 0.3) is 11.5 Å². The lowest BCUT2D eigenvalue weighted by atomic mass is 10.2. The molecule has 132 valence electrons. The van der Waals surface area contributed by atoms with Gasteiger partial charge in [0.1, 0.15) is 11.7 Å². The molecule has 2 amide bonds. The largest absolute Gasteiger partial charge is 0.463 e. The molecule has 6 nitrogen and oxygen atoms in total. The number of carbonyl (C=O) groups is 2. The van der Waals surface area contributed by atoms with E-state index in [9.17, 15) is 9.59 Å². The van der Waals surface area contributed by atoms with Crippen molar-refractivity contribution < 1.29 is 14.0 Å². The van der Waals surface area contributed by atoms with E-state index in [1.807, 2.05) is 24.4 Å². The standard InChI is InChI=1S/C17H19N3O3S2/c1-3-5-11(2)16(22)20-10-24-9-13(20)15(21)19-17-18-12(8-25-17)14-6-4-7-23-14/h4-8,13H,3,9-10H2,1-2H3,(H,18,19,21). The van der Waals surface area contributed by atoms with Crippen molar-refractivity contribution in [3.8, 4) is 11.5 Å². The molecule has 2 aromatic heterocycles. The third-order valence-corrected chi connectivity index (χ3v) is 5.57. The van der Waals surface area contributed by atoms with Gasteiger partial charge >= 0.3 is 0 Å². The number of hydrogen-bond donors (Lipinski definition) is 1. The molecule has 3 rings (SSSR count). The van der Waals surface area contributed by atoms with Crippen molar-refractivity contribution in [3.63, 3.8) is 0 Å². The number of allylic oxidation sites excluding steroid dienone is 1. The smallest absolute Gasteiger partial charge is 0.250 e. The second-order valence-corrected chi connectivity index (χ2v) is 7.45. The molecular formula is C17H19N3O3S2. The van der Waals surface area contributed by atoms with Crippen LogP contribution in [0.3, 0.4) is 0 Å². The molecule has 1 aliphatic heterocycles. The third-order valence-electron chi connectivity index (χ3n) is 3.80. The number of carbonyl (C=O) groups excluding carboxylic acids is 2. The van der Waals surface area contributed by atoms with Crippen LogP contribution < -0.4 is 5.32 Å². The van der Waals surface area contributed by atoms with Crippen molar-refractivity contribution in [1.29, 1.82) is 0 Å². The third kappa shape index (κ3) is 3.96. The van der Waals surface area contributed by atoms with E-state index in [0.717, 1.165) is 6.42 Å². The van der Waals surface area contributed by atoms with Gasteiger partial charge in [0.05, 0.1) is 12.1 Å². The Morgan fingerprint density at radius 3 is 3.08 bits per heavy atom. The van der Waals surface area contributed by atoms with E-state index >= 15 is 0 Å². The van der Waals surface area contributed by atoms with Crippen LogP contribution in [0.2, 0.25) is 0 Å². The number of anilines is 1. The summed E-state index contributed by atoms with van der Waals surface area (Å²) >= 11 is 2.92. The molecule has 1 saturated heterocycles. The maximum Gasteiger partial charge on any atom is 0.250 e. The summed E-state index contributed by atoms with van der Waals surface area (Å²) in [5, 5.41) is 5.15. The van der Waals surface area contributed by atoms with Crippen molar-refractivity contribution in [3.05, 3.63) is 35.4 Å². The Kier molecular flexibility index (Phi) is 5.60. The van der Waals surface area contributed by atoms with Gasteiger partial charge in [0.2, 0.25) is 5.91 Å². The number of furan rings is 1. The van der Waals surface area contributed by atoms with Gasteiger partial charge < -0.3 is 14.6 Å². The second-order valence-electron chi connectivity index (χ2n) is 5.59. The molecule has 2 aromatic rings. The van der Waals surface area contributed by atoms with E-state index in [-0.39, 0.29) is 11.8 Å². The van der Waals surface area contributed by atoms with Gasteiger partial charge in [-0.25, -0.2) is 4.98 Å². The number of thioether (sulfide) groups is 1. The van der Waals surface area contributed by atoms with E-state index < -0.39 is 6.04 Å². The molecule has 0 saturated carbocycles. The summed E-state index contributed by atoms with van der Waals surface area (Å²) in [6, 6.07) is 3.13. The van der Waals surface area contributed by atoms with Crippen LogP contribution in [0.4, 0.5) is 5.13 Å². The van der Waals surface area contributed by atoms with Crippen LogP contribution in [0.5, 0.6) is 0 Å². The van der Waals surface area contributed by atoms with Crippen LogP contribution in [0.15, 0.2) is 39.8 Å². The van der Waals surface area contributed by atoms with Gasteiger partial charge in [0.25, 0.3) is 5.91 Å². The van der Waals surface area contributed by atoms with Crippen molar-refractivity contribution in [2.45, 2.75) is 26.3 Å². The summed E-state index contributed by atoms with van der Waals surface area (Å²) in [7, 11) is 0. The highest BCUT2D eigenvalue weighted by atomic mass is 32.2. The molecule has 0 aliphatic carbocycles. The van der Waals surface area contributed by atoms with Crippen molar-refractivity contribution >= 4 is 40.0 Å². The lowest BCUT2D eigenvalue weighted by Crippen LogP contribution is -2.44. The van der Waals surface area contributed by atoms with Crippen LogP contribution in [0, 0.1) is 0 Å². The van der Waals surface area contributed by atoms with Crippen molar-refractivity contribution in [2.75, 3.05) is 16.9 Å². The van der Waals surface area contributed by atoms with E-state index in [4.69, 9.17) is 4.42 Å². The summed E-state index contributed by atoms with van der Waals surface area (Å²) in [5.41, 5.74) is 1.36. The summed E-state index contributed by atoms with van der Waals surface area (Å²) in [4.78, 5) is 31.1. The number of aromatic nitrogens is 1. The molecule has 0 radical (unpaired) electrons. The molecule has 0 aromatic carbocycles. The lowest BCUT2D eigenvalue weighted by molar-refractivity contribution is -0.133. The highest BCUT2D eigenvalue weighted by molar-refractivity contribution is 7.99. The van der Waals surface area contributed by atoms with Gasteiger partial charge in [0.15, 0.2) is 10.9 Å². The molecule has 1 atom stereocenters. The molecule has 1 N–H and O–H groups in total. The predicted octanol–water partition coefficient (Wildman–Crippen LogP) is 3.60. The van der Waals surface area contributed by atoms with Gasteiger partial charge in [-0.1, -0.05) is 13.0 Å². The van der Waals surface area contributed by atoms with E-state index in [1.54, 1.807) is 35.9 Å². The highest BCUT2D eigenvalue weighted by Crippen LogP contribution is 2.27. The molecule has 8 heteroatoms. The first kappa shape index (κ1) is 17.8. The van der Waals surface area contributed by atoms with Gasteiger partial charge in [-0.05, 0) is 25.5 Å². The Morgan fingerprint density at radius 1 is 1.52 bits per heavy atom. The van der Waals surface area contributed by atoms with Gasteiger partial charge in [-0.3, -0.25) is 9.59 Å². The first-order chi connectivity index (χ1) is 12.1. The average Bonchev–Trinajstić information content (AvgIpc) is 3.34. The van der Waals surface area contributed by atoms with Crippen molar-refractivity contribution in [1.82, 2.24) is 9.88 Å². The molecule has 0 bridgehead atoms. The zero-order chi connectivity index (χ0) is 17.8. The van der Waals surface area contributed by atoms with Crippen LogP contribution in [0.1, 0.15) is 20.3 Å². The van der Waals surface area contributed by atoms with Crippen molar-refractivity contribution in [2.24, 2.45) is 0 Å². The molecular weight excluding hydrogens is 358 g/mol. The lowest BCUT2D eigenvalue weighted by Gasteiger charge is -2.23. The van der Waals surface area contributed by atoms with E-state index in [2.05, 4.69) is 10.3 Å². The van der Waals surface area contributed by atoms with Gasteiger partial charge in [-0.15, -0.1) is 23.1 Å². The quantitative estimate of drug-likeness (QED) is 0.806. The van der Waals surface area contributed by atoms with Crippen LogP contribution in [-0.2, 0) is 9.59 Å². The summed E-state index contributed by atoms with van der Waals surface area (Å²) in [6.45, 7) is 3.78. The number of nitrogens with one attached hydrogen (secondary N) is 1. The minimum atomic E-state index is -0.478. The zero-order valence-electron chi connectivity index (χ0n) is 14.0. The van der Waals surface area contributed by atoms with Gasteiger partial charge in [-0.2, -0.15) is 0 Å². The first-order valence-electron chi connectivity index (χ1n) is 7.96. The normalized spacial score (nSPS) is 17.8.